The van der Waals surface area contributed by atoms with Crippen LogP contribution in [0.4, 0.5) is 5.69 Å². The molecule has 0 atom stereocenters. The fourth-order valence-electron chi connectivity index (χ4n) is 2.46. The van der Waals surface area contributed by atoms with Crippen molar-refractivity contribution in [1.82, 2.24) is 0 Å². The van der Waals surface area contributed by atoms with E-state index in [0.29, 0.717) is 33.1 Å². The molecule has 0 aliphatic heterocycles. The molecule has 1 aromatic heterocycles. The molecular formula is C21H19Cl2NO2S. The van der Waals surface area contributed by atoms with E-state index in [-0.39, 0.29) is 5.91 Å². The number of hydrogen-bond donors (Lipinski definition) is 1. The van der Waals surface area contributed by atoms with Crippen molar-refractivity contribution in [1.29, 1.82) is 0 Å². The second-order valence-electron chi connectivity index (χ2n) is 6.41. The molecule has 0 saturated heterocycles. The lowest BCUT2D eigenvalue weighted by molar-refractivity contribution is 0.103. The molecule has 0 unspecified atom stereocenters. The average Bonchev–Trinajstić information content (AvgIpc) is 3.12. The highest BCUT2D eigenvalue weighted by Gasteiger charge is 2.12. The molecule has 0 radical (unpaired) electrons. The van der Waals surface area contributed by atoms with Crippen molar-refractivity contribution in [3.05, 3.63) is 80.0 Å². The van der Waals surface area contributed by atoms with Crippen LogP contribution >= 0.6 is 34.5 Å². The molecule has 0 aliphatic rings. The molecule has 3 nitrogen and oxygen atoms in total. The van der Waals surface area contributed by atoms with Gasteiger partial charge in [0.2, 0.25) is 0 Å². The predicted molar refractivity (Wildman–Crippen MR) is 114 cm³/mol. The maximum absolute atomic E-state index is 12.4. The van der Waals surface area contributed by atoms with E-state index in [1.165, 1.54) is 16.9 Å². The maximum atomic E-state index is 12.4. The Hall–Kier alpha value is -2.01. The molecule has 140 valence electrons. The monoisotopic (exact) mass is 419 g/mol. The third kappa shape index (κ3) is 5.25. The molecule has 0 bridgehead atoms. The maximum Gasteiger partial charge on any atom is 0.265 e. The summed E-state index contributed by atoms with van der Waals surface area (Å²) in [6.07, 6.45) is 0. The van der Waals surface area contributed by atoms with Crippen LogP contribution in [0.2, 0.25) is 10.0 Å². The Balaban J connectivity index is 1.59. The summed E-state index contributed by atoms with van der Waals surface area (Å²) >= 11 is 13.3. The molecule has 3 aromatic rings. The fourth-order valence-corrected chi connectivity index (χ4v) is 3.71. The smallest absolute Gasteiger partial charge is 0.265 e. The van der Waals surface area contributed by atoms with Gasteiger partial charge in [-0.05, 0) is 53.3 Å². The number of carbonyl (C=O) groups excluding carboxylic acids is 1. The van der Waals surface area contributed by atoms with E-state index in [4.69, 9.17) is 27.9 Å². The number of amides is 1. The first-order valence-corrected chi connectivity index (χ1v) is 10.1. The van der Waals surface area contributed by atoms with Crippen LogP contribution in [0.15, 0.2) is 53.9 Å². The van der Waals surface area contributed by atoms with Gasteiger partial charge in [0.1, 0.15) is 12.4 Å². The zero-order valence-electron chi connectivity index (χ0n) is 15.0. The number of halogens is 2. The molecular weight excluding hydrogens is 401 g/mol. The predicted octanol–water partition coefficient (Wildman–Crippen LogP) is 7.01. The largest absolute Gasteiger partial charge is 0.489 e. The zero-order chi connectivity index (χ0) is 19.4. The second kappa shape index (κ2) is 8.79. The first-order chi connectivity index (χ1) is 12.9. The second-order valence-corrected chi connectivity index (χ2v) is 8.16. The fraction of sp³-hybridized carbons (Fsp3) is 0.190. The standard InChI is InChI=1S/C21H19Cl2NO2S/c1-13(2)15-3-6-17(7-4-15)26-11-14-9-20(27-12-14)21(25)24-19-8-5-16(22)10-18(19)23/h3-10,12-13H,11H2,1-2H3,(H,24,25). The Morgan fingerprint density at radius 2 is 1.85 bits per heavy atom. The normalized spacial score (nSPS) is 10.9. The van der Waals surface area contributed by atoms with Crippen LogP contribution in [-0.4, -0.2) is 5.91 Å². The number of ether oxygens (including phenoxy) is 1. The molecule has 27 heavy (non-hydrogen) atoms. The molecule has 0 aliphatic carbocycles. The molecule has 0 fully saturated rings. The lowest BCUT2D eigenvalue weighted by Crippen LogP contribution is -2.10. The minimum atomic E-state index is -0.211. The number of thiophene rings is 1. The summed E-state index contributed by atoms with van der Waals surface area (Å²) in [6, 6.07) is 14.9. The van der Waals surface area contributed by atoms with Gasteiger partial charge >= 0.3 is 0 Å². The van der Waals surface area contributed by atoms with Gasteiger partial charge < -0.3 is 10.1 Å². The van der Waals surface area contributed by atoms with Crippen LogP contribution in [0.3, 0.4) is 0 Å². The van der Waals surface area contributed by atoms with E-state index >= 15 is 0 Å². The molecule has 1 amide bonds. The minimum Gasteiger partial charge on any atom is -0.489 e. The zero-order valence-corrected chi connectivity index (χ0v) is 17.3. The van der Waals surface area contributed by atoms with Crippen molar-refractivity contribution in [3.63, 3.8) is 0 Å². The number of benzene rings is 2. The number of nitrogens with one attached hydrogen (secondary N) is 1. The highest BCUT2D eigenvalue weighted by atomic mass is 35.5. The third-order valence-corrected chi connectivity index (χ3v) is 5.53. The summed E-state index contributed by atoms with van der Waals surface area (Å²) in [5.41, 5.74) is 2.75. The van der Waals surface area contributed by atoms with E-state index in [1.807, 2.05) is 23.6 Å². The Bertz CT molecular complexity index is 936. The summed E-state index contributed by atoms with van der Waals surface area (Å²) in [5.74, 6) is 1.09. The Morgan fingerprint density at radius 3 is 2.52 bits per heavy atom. The van der Waals surface area contributed by atoms with Gasteiger partial charge in [-0.2, -0.15) is 0 Å². The summed E-state index contributed by atoms with van der Waals surface area (Å²) in [7, 11) is 0. The van der Waals surface area contributed by atoms with E-state index < -0.39 is 0 Å². The SMILES string of the molecule is CC(C)c1ccc(OCc2csc(C(=O)Nc3ccc(Cl)cc3Cl)c2)cc1. The van der Waals surface area contributed by atoms with Gasteiger partial charge in [-0.25, -0.2) is 0 Å². The van der Waals surface area contributed by atoms with Crippen LogP contribution in [0.25, 0.3) is 0 Å². The van der Waals surface area contributed by atoms with Gasteiger partial charge in [0.15, 0.2) is 0 Å². The van der Waals surface area contributed by atoms with Crippen LogP contribution in [-0.2, 0) is 6.61 Å². The number of hydrogen-bond acceptors (Lipinski definition) is 3. The van der Waals surface area contributed by atoms with Crippen LogP contribution in [0.5, 0.6) is 5.75 Å². The van der Waals surface area contributed by atoms with Crippen LogP contribution in [0.1, 0.15) is 40.6 Å². The third-order valence-electron chi connectivity index (χ3n) is 4.01. The van der Waals surface area contributed by atoms with E-state index in [0.717, 1.165) is 11.3 Å². The molecule has 0 spiro atoms. The molecule has 2 aromatic carbocycles. The van der Waals surface area contributed by atoms with Gasteiger partial charge in [0.05, 0.1) is 15.6 Å². The summed E-state index contributed by atoms with van der Waals surface area (Å²) < 4.78 is 5.81. The first kappa shape index (κ1) is 19.7. The van der Waals surface area contributed by atoms with Crippen LogP contribution < -0.4 is 10.1 Å². The van der Waals surface area contributed by atoms with Crippen molar-refractivity contribution in [2.24, 2.45) is 0 Å². The number of anilines is 1. The average molecular weight is 420 g/mol. The van der Waals surface area contributed by atoms with Crippen LogP contribution in [0, 0.1) is 0 Å². The summed E-state index contributed by atoms with van der Waals surface area (Å²) in [4.78, 5) is 13.0. The van der Waals surface area contributed by atoms with Gasteiger partial charge in [-0.15, -0.1) is 11.3 Å². The lowest BCUT2D eigenvalue weighted by atomic mass is 10.0. The summed E-state index contributed by atoms with van der Waals surface area (Å²) in [5, 5.41) is 5.64. The van der Waals surface area contributed by atoms with E-state index in [9.17, 15) is 4.79 Å². The number of rotatable bonds is 6. The van der Waals surface area contributed by atoms with Gasteiger partial charge in [-0.1, -0.05) is 49.2 Å². The van der Waals surface area contributed by atoms with Gasteiger partial charge in [0.25, 0.3) is 5.91 Å². The van der Waals surface area contributed by atoms with E-state index in [1.54, 1.807) is 18.2 Å². The van der Waals surface area contributed by atoms with Gasteiger partial charge in [-0.3, -0.25) is 4.79 Å². The molecule has 3 rings (SSSR count). The molecule has 1 N–H and O–H groups in total. The lowest BCUT2D eigenvalue weighted by Gasteiger charge is -2.08. The summed E-state index contributed by atoms with van der Waals surface area (Å²) in [6.45, 7) is 4.72. The van der Waals surface area contributed by atoms with E-state index in [2.05, 4.69) is 31.3 Å². The first-order valence-electron chi connectivity index (χ1n) is 8.49. The highest BCUT2D eigenvalue weighted by Crippen LogP contribution is 2.27. The molecule has 0 saturated carbocycles. The van der Waals surface area contributed by atoms with Crippen molar-refractivity contribution in [2.75, 3.05) is 5.32 Å². The van der Waals surface area contributed by atoms with Crippen molar-refractivity contribution in [2.45, 2.75) is 26.4 Å². The minimum absolute atomic E-state index is 0.211. The van der Waals surface area contributed by atoms with Crippen molar-refractivity contribution < 1.29 is 9.53 Å². The Morgan fingerprint density at radius 1 is 1.11 bits per heavy atom. The van der Waals surface area contributed by atoms with Crippen molar-refractivity contribution in [3.8, 4) is 5.75 Å². The highest BCUT2D eigenvalue weighted by molar-refractivity contribution is 7.12. The molecule has 1 heterocycles. The Kier molecular flexibility index (Phi) is 6.42. The topological polar surface area (TPSA) is 38.3 Å². The number of carbonyl (C=O) groups is 1. The molecule has 6 heteroatoms. The van der Waals surface area contributed by atoms with Crippen molar-refractivity contribution >= 4 is 46.1 Å². The quantitative estimate of drug-likeness (QED) is 0.466. The van der Waals surface area contributed by atoms with Gasteiger partial charge in [0, 0.05) is 10.6 Å². The Labute approximate surface area is 172 Å².